The highest BCUT2D eigenvalue weighted by Gasteiger charge is 1.95. The first-order chi connectivity index (χ1) is 19.4. The fraction of sp³-hybridized carbons (Fsp3) is 0.895. The molecule has 232 valence electrons. The number of allylic oxidation sites excluding steroid dienone is 2. The molecule has 0 aromatic heterocycles. The van der Waals surface area contributed by atoms with Gasteiger partial charge >= 0.3 is 0 Å². The minimum absolute atomic E-state index is 1.22. The predicted octanol–water partition coefficient (Wildman–Crippen LogP) is 14.1. The van der Waals surface area contributed by atoms with Crippen molar-refractivity contribution in [2.24, 2.45) is 0 Å². The van der Waals surface area contributed by atoms with Crippen LogP contribution in [-0.2, 0) is 0 Å². The Hall–Kier alpha value is -0.720. The fourth-order valence-corrected chi connectivity index (χ4v) is 5.63. The van der Waals surface area contributed by atoms with Gasteiger partial charge in [0.05, 0.1) is 0 Å². The highest BCUT2D eigenvalue weighted by atomic mass is 14.8. The van der Waals surface area contributed by atoms with Crippen molar-refractivity contribution in [2.45, 2.75) is 219 Å². The molecule has 0 fully saturated rings. The lowest BCUT2D eigenvalue weighted by Gasteiger charge is -2.03. The monoisotopic (exact) mass is 546 g/mol. The Balaban J connectivity index is 3.14. The van der Waals surface area contributed by atoms with Crippen molar-refractivity contribution >= 4 is 0 Å². The zero-order valence-corrected chi connectivity index (χ0v) is 27.4. The van der Waals surface area contributed by atoms with Crippen LogP contribution in [0.1, 0.15) is 219 Å². The van der Waals surface area contributed by atoms with E-state index in [0.29, 0.717) is 0 Å². The number of hydrogen-bond acceptors (Lipinski definition) is 1. The second-order valence-corrected chi connectivity index (χ2v) is 12.4. The first kappa shape index (κ1) is 38.3. The molecule has 0 bridgehead atoms. The Labute approximate surface area is 248 Å². The first-order valence-corrected chi connectivity index (χ1v) is 18.5. The van der Waals surface area contributed by atoms with Crippen LogP contribution in [0.25, 0.3) is 0 Å². The lowest BCUT2D eigenvalue weighted by Crippen LogP contribution is -1.91. The van der Waals surface area contributed by atoms with Crippen LogP contribution >= 0.6 is 0 Å². The molecule has 0 rings (SSSR count). The van der Waals surface area contributed by atoms with E-state index in [9.17, 15) is 0 Å². The second kappa shape index (κ2) is 37.3. The van der Waals surface area contributed by atoms with Gasteiger partial charge in [-0.15, -0.1) is 0 Å². The molecule has 0 amide bonds. The van der Waals surface area contributed by atoms with Gasteiger partial charge in [-0.2, -0.15) is 0 Å². The summed E-state index contributed by atoms with van der Waals surface area (Å²) in [5.74, 6) is 0. The SMILES string of the molecule is CCCCCCCCCCCCCCCCCC=CNC=CCCCCCCCCCCCCCCCCC. The summed E-state index contributed by atoms with van der Waals surface area (Å²) in [6, 6.07) is 0. The largest absolute Gasteiger partial charge is 0.368 e. The second-order valence-electron chi connectivity index (χ2n) is 12.4. The third-order valence-electron chi connectivity index (χ3n) is 8.38. The summed E-state index contributed by atoms with van der Waals surface area (Å²) in [5.41, 5.74) is 0. The number of nitrogens with one attached hydrogen (secondary N) is 1. The molecule has 0 aliphatic heterocycles. The van der Waals surface area contributed by atoms with E-state index in [1.54, 1.807) is 0 Å². The van der Waals surface area contributed by atoms with Crippen molar-refractivity contribution in [1.29, 1.82) is 0 Å². The van der Waals surface area contributed by atoms with Crippen molar-refractivity contribution in [2.75, 3.05) is 0 Å². The molecule has 0 saturated heterocycles. The molecule has 1 heteroatoms. The average Bonchev–Trinajstić information content (AvgIpc) is 2.95. The summed E-state index contributed by atoms with van der Waals surface area (Å²) in [4.78, 5) is 0. The van der Waals surface area contributed by atoms with E-state index in [2.05, 4.69) is 43.7 Å². The third kappa shape index (κ3) is 37.3. The van der Waals surface area contributed by atoms with Gasteiger partial charge < -0.3 is 5.32 Å². The van der Waals surface area contributed by atoms with Crippen LogP contribution in [0.4, 0.5) is 0 Å². The molecule has 0 aliphatic carbocycles. The maximum absolute atomic E-state index is 3.33. The van der Waals surface area contributed by atoms with Crippen molar-refractivity contribution < 1.29 is 0 Å². The van der Waals surface area contributed by atoms with E-state index < -0.39 is 0 Å². The topological polar surface area (TPSA) is 12.0 Å². The van der Waals surface area contributed by atoms with Gasteiger partial charge in [0.15, 0.2) is 0 Å². The molecule has 0 aromatic rings. The molecule has 0 spiro atoms. The van der Waals surface area contributed by atoms with Crippen LogP contribution in [0.2, 0.25) is 0 Å². The minimum Gasteiger partial charge on any atom is -0.368 e. The van der Waals surface area contributed by atoms with Crippen LogP contribution < -0.4 is 5.32 Å². The summed E-state index contributed by atoms with van der Waals surface area (Å²) in [6.45, 7) is 4.60. The molecule has 39 heavy (non-hydrogen) atoms. The summed E-state index contributed by atoms with van der Waals surface area (Å²) < 4.78 is 0. The molecular weight excluding hydrogens is 470 g/mol. The zero-order valence-electron chi connectivity index (χ0n) is 27.4. The van der Waals surface area contributed by atoms with Gasteiger partial charge in [0.25, 0.3) is 0 Å². The average molecular weight is 546 g/mol. The summed E-state index contributed by atoms with van der Waals surface area (Å²) in [7, 11) is 0. The lowest BCUT2D eigenvalue weighted by atomic mass is 10.0. The Morgan fingerprint density at radius 3 is 0.718 bits per heavy atom. The van der Waals surface area contributed by atoms with E-state index in [0.717, 1.165) is 0 Å². The van der Waals surface area contributed by atoms with Gasteiger partial charge in [0, 0.05) is 0 Å². The Morgan fingerprint density at radius 1 is 0.282 bits per heavy atom. The summed E-state index contributed by atoms with van der Waals surface area (Å²) >= 11 is 0. The van der Waals surface area contributed by atoms with Crippen LogP contribution in [0.3, 0.4) is 0 Å². The van der Waals surface area contributed by atoms with Gasteiger partial charge in [-0.1, -0.05) is 206 Å². The molecule has 1 nitrogen and oxygen atoms in total. The Kier molecular flexibility index (Phi) is 36.6. The highest BCUT2D eigenvalue weighted by Crippen LogP contribution is 2.15. The van der Waals surface area contributed by atoms with E-state index in [1.165, 1.54) is 205 Å². The quantitative estimate of drug-likeness (QED) is 0.0793. The fourth-order valence-electron chi connectivity index (χ4n) is 5.63. The molecule has 0 atom stereocenters. The molecule has 0 saturated carbocycles. The van der Waals surface area contributed by atoms with Crippen molar-refractivity contribution in [1.82, 2.24) is 5.32 Å². The van der Waals surface area contributed by atoms with E-state index in [4.69, 9.17) is 0 Å². The van der Waals surface area contributed by atoms with Gasteiger partial charge in [0.1, 0.15) is 0 Å². The zero-order chi connectivity index (χ0) is 28.2. The van der Waals surface area contributed by atoms with E-state index in [1.807, 2.05) is 0 Å². The maximum Gasteiger partial charge on any atom is -0.00358 e. The van der Waals surface area contributed by atoms with Gasteiger partial charge in [-0.05, 0) is 38.1 Å². The van der Waals surface area contributed by atoms with Crippen LogP contribution in [0, 0.1) is 0 Å². The molecule has 0 aromatic carbocycles. The molecule has 0 heterocycles. The van der Waals surface area contributed by atoms with Gasteiger partial charge in [-0.25, -0.2) is 0 Å². The van der Waals surface area contributed by atoms with Crippen LogP contribution in [0.15, 0.2) is 24.6 Å². The standard InChI is InChI=1S/C38H75N/c1-3-5-7-9-11-13-15-17-19-21-23-25-27-29-31-33-35-37-39-38-36-34-32-30-28-26-24-22-20-18-16-14-12-10-8-6-4-2/h35-39H,3-34H2,1-2H3. The third-order valence-corrected chi connectivity index (χ3v) is 8.38. The van der Waals surface area contributed by atoms with Crippen molar-refractivity contribution in [3.05, 3.63) is 24.6 Å². The van der Waals surface area contributed by atoms with Crippen LogP contribution in [0.5, 0.6) is 0 Å². The molecular formula is C38H75N. The minimum atomic E-state index is 1.22. The molecule has 0 aliphatic rings. The number of rotatable bonds is 34. The van der Waals surface area contributed by atoms with Crippen LogP contribution in [-0.4, -0.2) is 0 Å². The number of hydrogen-bond donors (Lipinski definition) is 1. The van der Waals surface area contributed by atoms with Gasteiger partial charge in [-0.3, -0.25) is 0 Å². The molecule has 0 unspecified atom stereocenters. The summed E-state index contributed by atoms with van der Waals surface area (Å²) in [6.07, 6.45) is 54.6. The van der Waals surface area contributed by atoms with Crippen molar-refractivity contribution in [3.63, 3.8) is 0 Å². The first-order valence-electron chi connectivity index (χ1n) is 18.5. The lowest BCUT2D eigenvalue weighted by molar-refractivity contribution is 0.532. The molecule has 1 N–H and O–H groups in total. The number of unbranched alkanes of at least 4 members (excludes halogenated alkanes) is 30. The predicted molar refractivity (Wildman–Crippen MR) is 181 cm³/mol. The van der Waals surface area contributed by atoms with E-state index in [-0.39, 0.29) is 0 Å². The Morgan fingerprint density at radius 2 is 0.487 bits per heavy atom. The Bertz CT molecular complexity index is 423. The highest BCUT2D eigenvalue weighted by molar-refractivity contribution is 4.88. The van der Waals surface area contributed by atoms with Gasteiger partial charge in [0.2, 0.25) is 0 Å². The summed E-state index contributed by atoms with van der Waals surface area (Å²) in [5, 5.41) is 3.33. The normalized spacial score (nSPS) is 11.8. The van der Waals surface area contributed by atoms with E-state index >= 15 is 0 Å². The molecule has 0 radical (unpaired) electrons. The van der Waals surface area contributed by atoms with Crippen molar-refractivity contribution in [3.8, 4) is 0 Å². The smallest absolute Gasteiger partial charge is 0.00358 e. The maximum atomic E-state index is 3.33.